The van der Waals surface area contributed by atoms with Gasteiger partial charge in [-0.15, -0.1) is 0 Å². The van der Waals surface area contributed by atoms with Gasteiger partial charge in [0.15, 0.2) is 0 Å². The third-order valence-corrected chi connectivity index (χ3v) is 6.44. The van der Waals surface area contributed by atoms with Gasteiger partial charge in [-0.1, -0.05) is 44.2 Å². The fraction of sp³-hybridized carbons (Fsp3) is 0.423. The lowest BCUT2D eigenvalue weighted by atomic mass is 9.94. The van der Waals surface area contributed by atoms with Crippen molar-refractivity contribution in [1.29, 1.82) is 0 Å². The fourth-order valence-electron chi connectivity index (χ4n) is 4.10. The van der Waals surface area contributed by atoms with E-state index in [1.54, 1.807) is 29.4 Å². The summed E-state index contributed by atoms with van der Waals surface area (Å²) in [5, 5.41) is 9.00. The molecule has 1 aromatic heterocycles. The van der Waals surface area contributed by atoms with Gasteiger partial charge in [0.05, 0.1) is 5.70 Å². The average molecular weight is 483 g/mol. The summed E-state index contributed by atoms with van der Waals surface area (Å²) < 4.78 is 13.3. The molecule has 3 rings (SSSR count). The lowest BCUT2D eigenvalue weighted by Gasteiger charge is -2.44. The van der Waals surface area contributed by atoms with Crippen LogP contribution in [0, 0.1) is 5.82 Å². The van der Waals surface area contributed by atoms with Crippen LogP contribution in [0.15, 0.2) is 49.3 Å². The number of rotatable bonds is 10. The molecule has 1 aromatic carbocycles. The molecule has 0 spiro atoms. The summed E-state index contributed by atoms with van der Waals surface area (Å²) in [6.45, 7) is 11.1. The van der Waals surface area contributed by atoms with Gasteiger partial charge in [0.2, 0.25) is 11.9 Å². The summed E-state index contributed by atoms with van der Waals surface area (Å²) in [6.07, 6.45) is 9.00. The van der Waals surface area contributed by atoms with E-state index in [1.807, 2.05) is 31.6 Å². The molecule has 8 nitrogen and oxygen atoms in total. The molecule has 1 fully saturated rings. The van der Waals surface area contributed by atoms with Gasteiger partial charge in [-0.2, -0.15) is 0 Å². The molecule has 1 unspecified atom stereocenters. The molecule has 2 heterocycles. The maximum atomic E-state index is 13.6. The number of halogens is 1. The Kier molecular flexibility index (Phi) is 8.95. The van der Waals surface area contributed by atoms with E-state index in [4.69, 9.17) is 5.21 Å². The molecular formula is C26H35FN6O2. The largest absolute Gasteiger partial charge is 0.344 e. The maximum Gasteiger partial charge on any atom is 0.246 e. The molecule has 188 valence electrons. The third-order valence-electron chi connectivity index (χ3n) is 6.44. The molecule has 2 aromatic rings. The first-order chi connectivity index (χ1) is 16.8. The van der Waals surface area contributed by atoms with E-state index in [0.717, 1.165) is 18.4 Å². The number of hydrogen-bond acceptors (Lipinski definition) is 7. The number of piperazine rings is 1. The number of likely N-dealkylation sites (N-methyl/N-ethyl adjacent to an activating group) is 1. The zero-order chi connectivity index (χ0) is 25.4. The fourth-order valence-corrected chi connectivity index (χ4v) is 4.10. The van der Waals surface area contributed by atoms with Crippen LogP contribution in [-0.2, 0) is 4.79 Å². The number of carbonyl (C=O) groups is 1. The second kappa shape index (κ2) is 11.9. The highest BCUT2D eigenvalue weighted by Gasteiger charge is 2.40. The van der Waals surface area contributed by atoms with E-state index in [9.17, 15) is 9.18 Å². The summed E-state index contributed by atoms with van der Waals surface area (Å²) in [5.74, 6) is 0.339. The number of nitrogens with one attached hydrogen (secondary N) is 1. The standard InChI is InChI=1S/C26H35FN6O2/c1-5-6-13-31(4)24(34)26(3,12-11-21-7-9-23(27)10-8-21)33-16-14-32(15-17-33)25-28-18-22(19-29-25)20(2)30-35/h7-12,18-19,30,35H,2,5-6,13-17H2,1,3-4H3/b12-11+. The lowest BCUT2D eigenvalue weighted by Crippen LogP contribution is -2.61. The van der Waals surface area contributed by atoms with Gasteiger partial charge in [-0.25, -0.2) is 14.4 Å². The van der Waals surface area contributed by atoms with Crippen molar-refractivity contribution in [3.05, 3.63) is 66.3 Å². The van der Waals surface area contributed by atoms with E-state index in [1.165, 1.54) is 12.1 Å². The highest BCUT2D eigenvalue weighted by Crippen LogP contribution is 2.25. The Balaban J connectivity index is 1.77. The molecule has 0 aliphatic carbocycles. The number of carbonyl (C=O) groups excluding carboxylic acids is 1. The van der Waals surface area contributed by atoms with Gasteiger partial charge in [-0.3, -0.25) is 20.4 Å². The number of unbranched alkanes of at least 4 members (excludes halogenated alkanes) is 1. The van der Waals surface area contributed by atoms with E-state index in [-0.39, 0.29) is 11.7 Å². The summed E-state index contributed by atoms with van der Waals surface area (Å²) in [7, 11) is 1.85. The lowest BCUT2D eigenvalue weighted by molar-refractivity contribution is -0.139. The molecule has 2 N–H and O–H groups in total. The molecule has 1 atom stereocenters. The molecule has 1 aliphatic rings. The Hall–Kier alpha value is -3.30. The van der Waals surface area contributed by atoms with Crippen LogP contribution >= 0.6 is 0 Å². The monoisotopic (exact) mass is 482 g/mol. The average Bonchev–Trinajstić information content (AvgIpc) is 2.90. The van der Waals surface area contributed by atoms with Crippen LogP contribution < -0.4 is 10.4 Å². The van der Waals surface area contributed by atoms with Gasteiger partial charge < -0.3 is 9.80 Å². The number of hydroxylamine groups is 1. The predicted molar refractivity (Wildman–Crippen MR) is 136 cm³/mol. The van der Waals surface area contributed by atoms with Crippen molar-refractivity contribution in [3.63, 3.8) is 0 Å². The van der Waals surface area contributed by atoms with E-state index in [2.05, 4.69) is 33.3 Å². The van der Waals surface area contributed by atoms with E-state index >= 15 is 0 Å². The molecule has 1 saturated heterocycles. The first kappa shape index (κ1) is 26.3. The smallest absolute Gasteiger partial charge is 0.246 e. The Bertz CT molecular complexity index is 1020. The van der Waals surface area contributed by atoms with E-state index < -0.39 is 5.54 Å². The molecular weight excluding hydrogens is 447 g/mol. The minimum atomic E-state index is -0.849. The molecule has 9 heteroatoms. The molecule has 1 aliphatic heterocycles. The summed E-state index contributed by atoms with van der Waals surface area (Å²) in [4.78, 5) is 28.5. The number of benzene rings is 1. The second-order valence-electron chi connectivity index (χ2n) is 8.95. The Morgan fingerprint density at radius 2 is 1.86 bits per heavy atom. The van der Waals surface area contributed by atoms with Crippen LogP contribution in [0.3, 0.4) is 0 Å². The van der Waals surface area contributed by atoms with Crippen LogP contribution in [0.25, 0.3) is 11.8 Å². The number of anilines is 1. The molecule has 35 heavy (non-hydrogen) atoms. The normalized spacial score (nSPS) is 16.2. The van der Waals surface area contributed by atoms with Crippen molar-refractivity contribution >= 4 is 23.6 Å². The quantitative estimate of drug-likeness (QED) is 0.502. The highest BCUT2D eigenvalue weighted by molar-refractivity contribution is 5.89. The third kappa shape index (κ3) is 6.43. The van der Waals surface area contributed by atoms with Crippen LogP contribution in [0.5, 0.6) is 0 Å². The molecule has 0 saturated carbocycles. The van der Waals surface area contributed by atoms with Gasteiger partial charge >= 0.3 is 0 Å². The van der Waals surface area contributed by atoms with Crippen molar-refractivity contribution in [2.45, 2.75) is 32.2 Å². The zero-order valence-electron chi connectivity index (χ0n) is 20.7. The van der Waals surface area contributed by atoms with Crippen molar-refractivity contribution in [3.8, 4) is 0 Å². The maximum absolute atomic E-state index is 13.6. The number of amides is 1. The molecule has 0 bridgehead atoms. The number of nitrogens with zero attached hydrogens (tertiary/aromatic N) is 5. The number of aromatic nitrogens is 2. The number of hydrogen-bond donors (Lipinski definition) is 2. The van der Waals surface area contributed by atoms with Crippen molar-refractivity contribution < 1.29 is 14.4 Å². The highest BCUT2D eigenvalue weighted by atomic mass is 19.1. The van der Waals surface area contributed by atoms with Crippen LogP contribution in [0.1, 0.15) is 37.8 Å². The van der Waals surface area contributed by atoms with Crippen molar-refractivity contribution in [2.75, 3.05) is 44.7 Å². The predicted octanol–water partition coefficient (Wildman–Crippen LogP) is 3.42. The second-order valence-corrected chi connectivity index (χ2v) is 8.95. The Labute approximate surface area is 206 Å². The Morgan fingerprint density at radius 1 is 1.23 bits per heavy atom. The first-order valence-electron chi connectivity index (χ1n) is 11.9. The van der Waals surface area contributed by atoms with Crippen molar-refractivity contribution in [1.82, 2.24) is 25.2 Å². The van der Waals surface area contributed by atoms with Crippen LogP contribution in [-0.4, -0.2) is 76.2 Å². The van der Waals surface area contributed by atoms with Crippen LogP contribution in [0.4, 0.5) is 10.3 Å². The molecule has 1 amide bonds. The van der Waals surface area contributed by atoms with Gasteiger partial charge in [0, 0.05) is 57.7 Å². The van der Waals surface area contributed by atoms with Gasteiger partial charge in [0.1, 0.15) is 11.4 Å². The SMILES string of the molecule is C=C(NO)c1cnc(N2CCN(C(C)(/C=C/c3ccc(F)cc3)C(=O)N(C)CCCC)CC2)nc1. The zero-order valence-corrected chi connectivity index (χ0v) is 20.7. The van der Waals surface area contributed by atoms with E-state index in [0.29, 0.717) is 49.9 Å². The van der Waals surface area contributed by atoms with Crippen LogP contribution in [0.2, 0.25) is 0 Å². The minimum Gasteiger partial charge on any atom is -0.344 e. The minimum absolute atomic E-state index is 0.0355. The summed E-state index contributed by atoms with van der Waals surface area (Å²) in [6, 6.07) is 6.25. The summed E-state index contributed by atoms with van der Waals surface area (Å²) in [5.41, 5.74) is 2.93. The van der Waals surface area contributed by atoms with Gasteiger partial charge in [0.25, 0.3) is 0 Å². The topological polar surface area (TPSA) is 84.8 Å². The Morgan fingerprint density at radius 3 is 2.43 bits per heavy atom. The molecule has 0 radical (unpaired) electrons. The first-order valence-corrected chi connectivity index (χ1v) is 11.9. The summed E-state index contributed by atoms with van der Waals surface area (Å²) >= 11 is 0. The van der Waals surface area contributed by atoms with Gasteiger partial charge in [-0.05, 0) is 31.0 Å². The van der Waals surface area contributed by atoms with Crippen molar-refractivity contribution in [2.24, 2.45) is 0 Å².